The second-order valence-corrected chi connectivity index (χ2v) is 6.91. The van der Waals surface area contributed by atoms with E-state index in [1.807, 2.05) is 13.0 Å². The van der Waals surface area contributed by atoms with Crippen molar-refractivity contribution in [1.29, 1.82) is 0 Å². The van der Waals surface area contributed by atoms with Crippen LogP contribution in [-0.2, 0) is 10.0 Å². The van der Waals surface area contributed by atoms with Gasteiger partial charge in [0.25, 0.3) is 0 Å². The van der Waals surface area contributed by atoms with E-state index >= 15 is 0 Å². The van der Waals surface area contributed by atoms with Crippen molar-refractivity contribution in [2.24, 2.45) is 0 Å². The predicted octanol–water partition coefficient (Wildman–Crippen LogP) is 1.50. The lowest BCUT2D eigenvalue weighted by Gasteiger charge is -2.36. The van der Waals surface area contributed by atoms with Crippen LogP contribution in [0.2, 0.25) is 0 Å². The van der Waals surface area contributed by atoms with Crippen LogP contribution in [0.1, 0.15) is 30.4 Å². The number of sulfonamides is 1. The first-order valence-corrected chi connectivity index (χ1v) is 7.60. The molecular formula is C13H19NO3S. The highest BCUT2D eigenvalue weighted by Crippen LogP contribution is 2.31. The molecule has 5 heteroatoms. The molecular weight excluding hydrogens is 250 g/mol. The molecule has 0 spiro atoms. The smallest absolute Gasteiger partial charge is 0.240 e. The third-order valence-electron chi connectivity index (χ3n) is 3.51. The summed E-state index contributed by atoms with van der Waals surface area (Å²) in [5.41, 5.74) is 0.780. The zero-order chi connectivity index (χ0) is 13.4. The van der Waals surface area contributed by atoms with E-state index in [1.165, 1.54) is 0 Å². The SMILES string of the molecule is Cc1ccc(C)c(S(=O)(=O)NCC2(O)CCC2)c1. The molecule has 1 aromatic carbocycles. The number of aryl methyl sites for hydroxylation is 2. The van der Waals surface area contributed by atoms with E-state index in [0.29, 0.717) is 23.3 Å². The van der Waals surface area contributed by atoms with Gasteiger partial charge in [-0.2, -0.15) is 0 Å². The van der Waals surface area contributed by atoms with Crippen molar-refractivity contribution >= 4 is 10.0 Å². The first-order valence-electron chi connectivity index (χ1n) is 6.12. The summed E-state index contributed by atoms with van der Waals surface area (Å²) >= 11 is 0. The fourth-order valence-electron chi connectivity index (χ4n) is 2.07. The van der Waals surface area contributed by atoms with E-state index in [9.17, 15) is 13.5 Å². The maximum atomic E-state index is 12.2. The summed E-state index contributed by atoms with van der Waals surface area (Å²) in [5.74, 6) is 0. The van der Waals surface area contributed by atoms with Gasteiger partial charge in [-0.3, -0.25) is 0 Å². The van der Waals surface area contributed by atoms with Crippen molar-refractivity contribution < 1.29 is 13.5 Å². The summed E-state index contributed by atoms with van der Waals surface area (Å²) in [7, 11) is -3.53. The van der Waals surface area contributed by atoms with Gasteiger partial charge in [-0.25, -0.2) is 13.1 Å². The Morgan fingerprint density at radius 1 is 1.33 bits per heavy atom. The summed E-state index contributed by atoms with van der Waals surface area (Å²) < 4.78 is 26.8. The minimum Gasteiger partial charge on any atom is -0.389 e. The molecule has 1 aliphatic rings. The lowest BCUT2D eigenvalue weighted by atomic mass is 9.81. The van der Waals surface area contributed by atoms with Gasteiger partial charge in [0.15, 0.2) is 0 Å². The first kappa shape index (κ1) is 13.5. The fraction of sp³-hybridized carbons (Fsp3) is 0.538. The van der Waals surface area contributed by atoms with Crippen molar-refractivity contribution in [3.05, 3.63) is 29.3 Å². The molecule has 18 heavy (non-hydrogen) atoms. The molecule has 0 amide bonds. The standard InChI is InChI=1S/C13H19NO3S/c1-10-4-5-11(2)12(8-10)18(16,17)14-9-13(15)6-3-7-13/h4-5,8,14-15H,3,6-7,9H2,1-2H3. The fourth-order valence-corrected chi connectivity index (χ4v) is 3.51. The van der Waals surface area contributed by atoms with Gasteiger partial charge in [-0.05, 0) is 50.3 Å². The molecule has 0 radical (unpaired) electrons. The van der Waals surface area contributed by atoms with Gasteiger partial charge in [0.1, 0.15) is 0 Å². The molecule has 0 unspecified atom stereocenters. The Balaban J connectivity index is 2.17. The molecule has 0 aromatic heterocycles. The Morgan fingerprint density at radius 3 is 2.56 bits per heavy atom. The van der Waals surface area contributed by atoms with E-state index in [1.54, 1.807) is 19.1 Å². The topological polar surface area (TPSA) is 66.4 Å². The molecule has 1 fully saturated rings. The summed E-state index contributed by atoms with van der Waals surface area (Å²) in [5, 5.41) is 9.92. The number of rotatable bonds is 4. The molecule has 2 rings (SSSR count). The van der Waals surface area contributed by atoms with Crippen molar-refractivity contribution in [2.45, 2.75) is 43.6 Å². The molecule has 1 saturated carbocycles. The third-order valence-corrected chi connectivity index (χ3v) is 5.05. The number of benzene rings is 1. The Morgan fingerprint density at radius 2 is 2.00 bits per heavy atom. The molecule has 0 heterocycles. The maximum absolute atomic E-state index is 12.2. The molecule has 0 saturated heterocycles. The summed E-state index contributed by atoms with van der Waals surface area (Å²) in [4.78, 5) is 0.297. The van der Waals surface area contributed by atoms with Crippen LogP contribution in [0.3, 0.4) is 0 Å². The lowest BCUT2D eigenvalue weighted by Crippen LogP contribution is -2.47. The predicted molar refractivity (Wildman–Crippen MR) is 69.9 cm³/mol. The average molecular weight is 269 g/mol. The Kier molecular flexibility index (Phi) is 3.49. The van der Waals surface area contributed by atoms with Crippen molar-refractivity contribution in [3.8, 4) is 0 Å². The molecule has 0 bridgehead atoms. The minimum absolute atomic E-state index is 0.0999. The first-order chi connectivity index (χ1) is 8.32. The normalized spacial score (nSPS) is 18.4. The Labute approximate surface area is 108 Å². The zero-order valence-corrected chi connectivity index (χ0v) is 11.5. The second kappa shape index (κ2) is 4.64. The number of nitrogens with one attached hydrogen (secondary N) is 1. The highest BCUT2D eigenvalue weighted by Gasteiger charge is 2.35. The molecule has 1 aliphatic carbocycles. The van der Waals surface area contributed by atoms with Crippen LogP contribution in [0.4, 0.5) is 0 Å². The van der Waals surface area contributed by atoms with Gasteiger partial charge in [-0.15, -0.1) is 0 Å². The summed E-state index contributed by atoms with van der Waals surface area (Å²) in [6.07, 6.45) is 2.30. The monoisotopic (exact) mass is 269 g/mol. The van der Waals surface area contributed by atoms with Crippen molar-refractivity contribution in [2.75, 3.05) is 6.54 Å². The largest absolute Gasteiger partial charge is 0.389 e. The van der Waals surface area contributed by atoms with E-state index < -0.39 is 15.6 Å². The van der Waals surface area contributed by atoms with Crippen molar-refractivity contribution in [1.82, 2.24) is 4.72 Å². The molecule has 1 aromatic rings. The van der Waals surface area contributed by atoms with Gasteiger partial charge in [0, 0.05) is 6.54 Å². The van der Waals surface area contributed by atoms with Crippen LogP contribution < -0.4 is 4.72 Å². The van der Waals surface area contributed by atoms with Crippen molar-refractivity contribution in [3.63, 3.8) is 0 Å². The summed E-state index contributed by atoms with van der Waals surface area (Å²) in [6, 6.07) is 5.33. The molecule has 2 N–H and O–H groups in total. The Bertz CT molecular complexity index is 547. The van der Waals surface area contributed by atoms with Gasteiger partial charge in [-0.1, -0.05) is 12.1 Å². The Hall–Kier alpha value is -0.910. The van der Waals surface area contributed by atoms with Gasteiger partial charge < -0.3 is 5.11 Å². The molecule has 4 nitrogen and oxygen atoms in total. The molecule has 0 aliphatic heterocycles. The van der Waals surface area contributed by atoms with Crippen LogP contribution in [0.5, 0.6) is 0 Å². The van der Waals surface area contributed by atoms with Gasteiger partial charge in [0.2, 0.25) is 10.0 Å². The third kappa shape index (κ3) is 2.74. The highest BCUT2D eigenvalue weighted by atomic mass is 32.2. The zero-order valence-electron chi connectivity index (χ0n) is 10.7. The number of hydrogen-bond acceptors (Lipinski definition) is 3. The van der Waals surface area contributed by atoms with E-state index in [4.69, 9.17) is 0 Å². The van der Waals surface area contributed by atoms with Crippen LogP contribution in [-0.4, -0.2) is 25.7 Å². The molecule has 100 valence electrons. The lowest BCUT2D eigenvalue weighted by molar-refractivity contribution is -0.0270. The highest BCUT2D eigenvalue weighted by molar-refractivity contribution is 7.89. The summed E-state index contributed by atoms with van der Waals surface area (Å²) in [6.45, 7) is 3.73. The van der Waals surface area contributed by atoms with Crippen LogP contribution in [0.15, 0.2) is 23.1 Å². The van der Waals surface area contributed by atoms with E-state index in [2.05, 4.69) is 4.72 Å². The minimum atomic E-state index is -3.53. The van der Waals surface area contributed by atoms with Crippen LogP contribution in [0.25, 0.3) is 0 Å². The second-order valence-electron chi connectivity index (χ2n) is 5.17. The van der Waals surface area contributed by atoms with Crippen LogP contribution in [0, 0.1) is 13.8 Å². The van der Waals surface area contributed by atoms with E-state index in [-0.39, 0.29) is 6.54 Å². The van der Waals surface area contributed by atoms with E-state index in [0.717, 1.165) is 12.0 Å². The number of aliphatic hydroxyl groups is 1. The average Bonchev–Trinajstić information content (AvgIpc) is 2.27. The molecule has 0 atom stereocenters. The number of hydrogen-bond donors (Lipinski definition) is 2. The van der Waals surface area contributed by atoms with Gasteiger partial charge >= 0.3 is 0 Å². The quantitative estimate of drug-likeness (QED) is 0.870. The van der Waals surface area contributed by atoms with Gasteiger partial charge in [0.05, 0.1) is 10.5 Å². The maximum Gasteiger partial charge on any atom is 0.240 e. The van der Waals surface area contributed by atoms with Crippen LogP contribution >= 0.6 is 0 Å².